The lowest BCUT2D eigenvalue weighted by Gasteiger charge is -2.17. The topological polar surface area (TPSA) is 65.1 Å². The van der Waals surface area contributed by atoms with Crippen LogP contribution in [0.15, 0.2) is 22.8 Å². The van der Waals surface area contributed by atoms with Crippen molar-refractivity contribution < 1.29 is 4.74 Å². The molecule has 0 aliphatic carbocycles. The summed E-state index contributed by atoms with van der Waals surface area (Å²) in [6.07, 6.45) is 2.60. The molecule has 1 aromatic heterocycles. The maximum Gasteiger partial charge on any atom is 0.131 e. The Hall–Kier alpha value is -0.980. The fraction of sp³-hybridized carbons (Fsp3) is 0.571. The number of ether oxygens (including phenoxy) is 1. The summed E-state index contributed by atoms with van der Waals surface area (Å²) in [5.74, 6) is 0.452. The van der Waals surface area contributed by atoms with Crippen LogP contribution >= 0.6 is 15.9 Å². The molecule has 1 rings (SSSR count). The van der Waals surface area contributed by atoms with Crippen molar-refractivity contribution in [1.29, 1.82) is 10.8 Å². The van der Waals surface area contributed by atoms with Crippen LogP contribution in [0.2, 0.25) is 0 Å². The Labute approximate surface area is 128 Å². The van der Waals surface area contributed by atoms with Crippen LogP contribution < -0.4 is 5.49 Å². The third-order valence-electron chi connectivity index (χ3n) is 3.05. The molecule has 0 saturated heterocycles. The summed E-state index contributed by atoms with van der Waals surface area (Å²) in [7, 11) is 3.80. The molecule has 2 N–H and O–H groups in total. The number of nitrogens with one attached hydrogen (secondary N) is 2. The van der Waals surface area contributed by atoms with E-state index in [9.17, 15) is 0 Å². The average Bonchev–Trinajstić information content (AvgIpc) is 2.39. The van der Waals surface area contributed by atoms with E-state index in [1.165, 1.54) is 0 Å². The molecular formula is C14H23BrN4O. The summed E-state index contributed by atoms with van der Waals surface area (Å²) in [6, 6.07) is 5.35. The highest BCUT2D eigenvalue weighted by atomic mass is 79.9. The molecule has 0 radical (unpaired) electrons. The van der Waals surface area contributed by atoms with E-state index in [0.717, 1.165) is 37.1 Å². The van der Waals surface area contributed by atoms with Crippen LogP contribution in [-0.2, 0) is 4.74 Å². The van der Waals surface area contributed by atoms with E-state index in [0.29, 0.717) is 17.7 Å². The fourth-order valence-electron chi connectivity index (χ4n) is 1.98. The Balaban J connectivity index is 2.39. The van der Waals surface area contributed by atoms with Gasteiger partial charge < -0.3 is 9.64 Å². The summed E-state index contributed by atoms with van der Waals surface area (Å²) < 4.78 is 7.40. The van der Waals surface area contributed by atoms with Crippen LogP contribution in [0.4, 0.5) is 0 Å². The summed E-state index contributed by atoms with van der Waals surface area (Å²) in [4.78, 5) is 2.25. The van der Waals surface area contributed by atoms with Crippen molar-refractivity contribution in [2.45, 2.75) is 19.3 Å². The largest absolute Gasteiger partial charge is 0.385 e. The number of aromatic nitrogens is 1. The number of halogens is 1. The van der Waals surface area contributed by atoms with Gasteiger partial charge in [-0.15, -0.1) is 0 Å². The highest BCUT2D eigenvalue weighted by Crippen LogP contribution is 2.07. The molecule has 6 heteroatoms. The highest BCUT2D eigenvalue weighted by molar-refractivity contribution is 9.10. The third-order valence-corrected chi connectivity index (χ3v) is 3.67. The lowest BCUT2D eigenvalue weighted by molar-refractivity contribution is 0.179. The number of nitrogens with zero attached hydrogens (tertiary/aromatic N) is 2. The number of methoxy groups -OCH3 is 1. The molecule has 0 spiro atoms. The van der Waals surface area contributed by atoms with E-state index in [-0.39, 0.29) is 0 Å². The quantitative estimate of drug-likeness (QED) is 0.329. The second-order valence-electron chi connectivity index (χ2n) is 4.77. The Bertz CT molecular complexity index is 486. The van der Waals surface area contributed by atoms with Crippen LogP contribution in [0.5, 0.6) is 0 Å². The van der Waals surface area contributed by atoms with Crippen molar-refractivity contribution in [2.24, 2.45) is 0 Å². The van der Waals surface area contributed by atoms with Gasteiger partial charge in [0.15, 0.2) is 0 Å². The molecule has 1 heterocycles. The van der Waals surface area contributed by atoms with Crippen LogP contribution in [0.3, 0.4) is 0 Å². The normalized spacial score (nSPS) is 11.0. The van der Waals surface area contributed by atoms with Gasteiger partial charge in [0.1, 0.15) is 11.3 Å². The van der Waals surface area contributed by atoms with Crippen LogP contribution in [0.1, 0.15) is 19.3 Å². The minimum absolute atomic E-state index is 0.331. The summed E-state index contributed by atoms with van der Waals surface area (Å²) in [5, 5.41) is 15.9. The van der Waals surface area contributed by atoms with Gasteiger partial charge in [-0.1, -0.05) is 6.07 Å². The van der Waals surface area contributed by atoms with Crippen molar-refractivity contribution in [2.75, 3.05) is 33.9 Å². The van der Waals surface area contributed by atoms with Gasteiger partial charge in [0, 0.05) is 26.7 Å². The molecule has 112 valence electrons. The Morgan fingerprint density at radius 2 is 2.05 bits per heavy atom. The van der Waals surface area contributed by atoms with Gasteiger partial charge in [0.2, 0.25) is 0 Å². The first-order valence-corrected chi connectivity index (χ1v) is 7.53. The number of hydrogen-bond acceptors (Lipinski definition) is 4. The van der Waals surface area contributed by atoms with Gasteiger partial charge in [0.05, 0.1) is 4.60 Å². The SMILES string of the molecule is COCCCN(C)CCCC(=N)n1c(Br)cccc1=N. The predicted molar refractivity (Wildman–Crippen MR) is 84.3 cm³/mol. The van der Waals surface area contributed by atoms with Crippen molar-refractivity contribution in [3.63, 3.8) is 0 Å². The smallest absolute Gasteiger partial charge is 0.131 e. The molecule has 0 amide bonds. The predicted octanol–water partition coefficient (Wildman–Crippen LogP) is 2.30. The van der Waals surface area contributed by atoms with E-state index >= 15 is 0 Å². The van der Waals surface area contributed by atoms with Gasteiger partial charge in [0.25, 0.3) is 0 Å². The van der Waals surface area contributed by atoms with Gasteiger partial charge in [-0.2, -0.15) is 0 Å². The molecule has 20 heavy (non-hydrogen) atoms. The standard InChI is InChI=1S/C14H23BrN4O/c1-18(10-5-11-20-2)9-4-8-14(17)19-12(15)6-3-7-13(19)16/h3,6-7,16-17H,4-5,8-11H2,1-2H3. The van der Waals surface area contributed by atoms with Crippen LogP contribution in [0.25, 0.3) is 0 Å². The molecule has 0 unspecified atom stereocenters. The molecule has 5 nitrogen and oxygen atoms in total. The van der Waals surface area contributed by atoms with Gasteiger partial charge >= 0.3 is 0 Å². The number of pyridine rings is 1. The van der Waals surface area contributed by atoms with E-state index in [2.05, 4.69) is 27.9 Å². The zero-order valence-corrected chi connectivity index (χ0v) is 13.7. The van der Waals surface area contributed by atoms with E-state index in [1.807, 2.05) is 6.07 Å². The summed E-state index contributed by atoms with van der Waals surface area (Å²) in [5.41, 5.74) is 0.331. The zero-order chi connectivity index (χ0) is 15.0. The van der Waals surface area contributed by atoms with Gasteiger partial charge in [-0.05, 0) is 54.5 Å². The lowest BCUT2D eigenvalue weighted by Crippen LogP contribution is -2.28. The minimum Gasteiger partial charge on any atom is -0.385 e. The molecule has 0 atom stereocenters. The zero-order valence-electron chi connectivity index (χ0n) is 12.2. The second-order valence-corrected chi connectivity index (χ2v) is 5.58. The van der Waals surface area contributed by atoms with Crippen molar-refractivity contribution in [3.8, 4) is 0 Å². The molecular weight excluding hydrogens is 320 g/mol. The van der Waals surface area contributed by atoms with E-state index in [4.69, 9.17) is 15.6 Å². The van der Waals surface area contributed by atoms with Crippen molar-refractivity contribution in [3.05, 3.63) is 28.3 Å². The first kappa shape index (κ1) is 17.1. The second kappa shape index (κ2) is 9.05. The van der Waals surface area contributed by atoms with Crippen LogP contribution in [-0.4, -0.2) is 49.2 Å². The molecule has 0 aromatic carbocycles. The number of rotatable bonds is 8. The maximum absolute atomic E-state index is 8.10. The first-order chi connectivity index (χ1) is 9.56. The lowest BCUT2D eigenvalue weighted by atomic mass is 10.2. The summed E-state index contributed by atoms with van der Waals surface area (Å²) in [6.45, 7) is 2.74. The van der Waals surface area contributed by atoms with Crippen LogP contribution in [0, 0.1) is 10.8 Å². The van der Waals surface area contributed by atoms with Gasteiger partial charge in [-0.3, -0.25) is 15.4 Å². The fourth-order valence-corrected chi connectivity index (χ4v) is 2.53. The summed E-state index contributed by atoms with van der Waals surface area (Å²) >= 11 is 3.39. The molecule has 0 aliphatic heterocycles. The monoisotopic (exact) mass is 342 g/mol. The van der Waals surface area contributed by atoms with Crippen molar-refractivity contribution in [1.82, 2.24) is 9.47 Å². The van der Waals surface area contributed by atoms with E-state index < -0.39 is 0 Å². The molecule has 0 saturated carbocycles. The molecule has 1 aromatic rings. The number of hydrogen-bond donors (Lipinski definition) is 2. The Morgan fingerprint density at radius 3 is 2.70 bits per heavy atom. The highest BCUT2D eigenvalue weighted by Gasteiger charge is 2.06. The Morgan fingerprint density at radius 1 is 1.35 bits per heavy atom. The average molecular weight is 343 g/mol. The van der Waals surface area contributed by atoms with Gasteiger partial charge in [-0.25, -0.2) is 0 Å². The first-order valence-electron chi connectivity index (χ1n) is 6.73. The third kappa shape index (κ3) is 5.56. The maximum atomic E-state index is 8.10. The minimum atomic E-state index is 0.331. The Kier molecular flexibility index (Phi) is 7.72. The molecule has 0 bridgehead atoms. The molecule has 0 aliphatic rings. The van der Waals surface area contributed by atoms with Crippen molar-refractivity contribution >= 4 is 21.8 Å². The van der Waals surface area contributed by atoms with E-state index in [1.54, 1.807) is 23.8 Å². The molecule has 0 fully saturated rings.